The summed E-state index contributed by atoms with van der Waals surface area (Å²) in [4.78, 5) is 15.8. The molecule has 0 unspecified atom stereocenters. The van der Waals surface area contributed by atoms with E-state index in [2.05, 4.69) is 4.98 Å². The zero-order valence-electron chi connectivity index (χ0n) is 7.32. The number of ketones is 1. The van der Waals surface area contributed by atoms with E-state index >= 15 is 0 Å². The standard InChI is InChI=1S/C9H12N2OS/c10-6-9(1-2-9)7(12)5-8-11-3-4-13-8/h3-4H,1-2,5-6,10H2. The van der Waals surface area contributed by atoms with Crippen LogP contribution in [0.5, 0.6) is 0 Å². The first-order valence-corrected chi connectivity index (χ1v) is 5.26. The Kier molecular flexibility index (Phi) is 2.17. The molecule has 1 aromatic heterocycles. The maximum absolute atomic E-state index is 11.7. The Morgan fingerprint density at radius 3 is 2.92 bits per heavy atom. The van der Waals surface area contributed by atoms with Crippen LogP contribution in [-0.4, -0.2) is 17.3 Å². The molecule has 1 aliphatic carbocycles. The maximum atomic E-state index is 11.7. The van der Waals surface area contributed by atoms with Crippen LogP contribution in [0.4, 0.5) is 0 Å². The van der Waals surface area contributed by atoms with Gasteiger partial charge in [0.2, 0.25) is 0 Å². The van der Waals surface area contributed by atoms with Crippen LogP contribution in [0.15, 0.2) is 11.6 Å². The maximum Gasteiger partial charge on any atom is 0.147 e. The van der Waals surface area contributed by atoms with Crippen molar-refractivity contribution in [1.29, 1.82) is 0 Å². The first-order chi connectivity index (χ1) is 6.27. The molecular formula is C9H12N2OS. The fourth-order valence-electron chi connectivity index (χ4n) is 1.41. The molecule has 0 radical (unpaired) electrons. The molecule has 2 N–H and O–H groups in total. The molecule has 3 nitrogen and oxygen atoms in total. The minimum absolute atomic E-state index is 0.175. The van der Waals surface area contributed by atoms with E-state index in [1.807, 2.05) is 5.38 Å². The molecule has 70 valence electrons. The molecule has 1 heterocycles. The van der Waals surface area contributed by atoms with Crippen LogP contribution in [0.2, 0.25) is 0 Å². The van der Waals surface area contributed by atoms with Crippen molar-refractivity contribution in [3.8, 4) is 0 Å². The number of hydrogen-bond donors (Lipinski definition) is 1. The molecule has 0 atom stereocenters. The fourth-order valence-corrected chi connectivity index (χ4v) is 2.03. The second-order valence-electron chi connectivity index (χ2n) is 3.51. The number of hydrogen-bond acceptors (Lipinski definition) is 4. The lowest BCUT2D eigenvalue weighted by Gasteiger charge is -2.08. The van der Waals surface area contributed by atoms with Gasteiger partial charge in [-0.15, -0.1) is 11.3 Å². The second kappa shape index (κ2) is 3.20. The SMILES string of the molecule is NCC1(C(=O)Cc2nccs2)CC1. The van der Waals surface area contributed by atoms with Gasteiger partial charge in [0.05, 0.1) is 11.4 Å². The van der Waals surface area contributed by atoms with Crippen LogP contribution < -0.4 is 5.73 Å². The third-order valence-electron chi connectivity index (χ3n) is 2.63. The van der Waals surface area contributed by atoms with E-state index in [1.54, 1.807) is 6.20 Å². The smallest absolute Gasteiger partial charge is 0.147 e. The average molecular weight is 196 g/mol. The summed E-state index contributed by atoms with van der Waals surface area (Å²) in [6.07, 6.45) is 4.13. The van der Waals surface area contributed by atoms with Gasteiger partial charge in [-0.25, -0.2) is 4.98 Å². The van der Waals surface area contributed by atoms with Crippen molar-refractivity contribution in [1.82, 2.24) is 4.98 Å². The number of thiazole rings is 1. The number of carbonyl (C=O) groups excluding carboxylic acids is 1. The first-order valence-electron chi connectivity index (χ1n) is 4.39. The number of Topliss-reactive ketones (excluding diaryl/α,β-unsaturated/α-hetero) is 1. The van der Waals surface area contributed by atoms with Crippen LogP contribution in [0.25, 0.3) is 0 Å². The number of aromatic nitrogens is 1. The van der Waals surface area contributed by atoms with E-state index in [4.69, 9.17) is 5.73 Å². The largest absolute Gasteiger partial charge is 0.329 e. The van der Waals surface area contributed by atoms with Gasteiger partial charge in [0, 0.05) is 23.5 Å². The van der Waals surface area contributed by atoms with Gasteiger partial charge in [-0.2, -0.15) is 0 Å². The van der Waals surface area contributed by atoms with Gasteiger partial charge in [-0.05, 0) is 12.8 Å². The number of carbonyl (C=O) groups is 1. The number of rotatable bonds is 4. The average Bonchev–Trinajstić information content (AvgIpc) is 2.79. The van der Waals surface area contributed by atoms with Crippen molar-refractivity contribution in [3.63, 3.8) is 0 Å². The third kappa shape index (κ3) is 1.64. The highest BCUT2D eigenvalue weighted by atomic mass is 32.1. The molecule has 0 aliphatic heterocycles. The van der Waals surface area contributed by atoms with Crippen molar-refractivity contribution < 1.29 is 4.79 Å². The quantitative estimate of drug-likeness (QED) is 0.781. The van der Waals surface area contributed by atoms with E-state index in [0.717, 1.165) is 17.8 Å². The van der Waals surface area contributed by atoms with Gasteiger partial charge in [-0.3, -0.25) is 4.79 Å². The minimum atomic E-state index is -0.175. The van der Waals surface area contributed by atoms with Crippen LogP contribution in [0, 0.1) is 5.41 Å². The summed E-state index contributed by atoms with van der Waals surface area (Å²) in [6, 6.07) is 0. The van der Waals surface area contributed by atoms with Crippen LogP contribution in [-0.2, 0) is 11.2 Å². The van der Waals surface area contributed by atoms with Crippen molar-refractivity contribution in [2.75, 3.05) is 6.54 Å². The summed E-state index contributed by atoms with van der Waals surface area (Å²) in [7, 11) is 0. The summed E-state index contributed by atoms with van der Waals surface area (Å²) in [5.74, 6) is 0.268. The lowest BCUT2D eigenvalue weighted by atomic mass is 9.99. The summed E-state index contributed by atoms with van der Waals surface area (Å²) < 4.78 is 0. The minimum Gasteiger partial charge on any atom is -0.329 e. The Hall–Kier alpha value is -0.740. The summed E-state index contributed by atoms with van der Waals surface area (Å²) in [5.41, 5.74) is 5.39. The highest BCUT2D eigenvalue weighted by Gasteiger charge is 2.47. The lowest BCUT2D eigenvalue weighted by Crippen LogP contribution is -2.26. The van der Waals surface area contributed by atoms with Crippen molar-refractivity contribution in [2.45, 2.75) is 19.3 Å². The van der Waals surface area contributed by atoms with Gasteiger partial charge in [0.15, 0.2) is 0 Å². The molecule has 4 heteroatoms. The van der Waals surface area contributed by atoms with Crippen molar-refractivity contribution in [2.24, 2.45) is 11.1 Å². The molecule has 1 aromatic rings. The van der Waals surface area contributed by atoms with E-state index < -0.39 is 0 Å². The Morgan fingerprint density at radius 2 is 2.46 bits per heavy atom. The van der Waals surface area contributed by atoms with Gasteiger partial charge in [0.1, 0.15) is 5.78 Å². The van der Waals surface area contributed by atoms with Gasteiger partial charge < -0.3 is 5.73 Å². The van der Waals surface area contributed by atoms with E-state index in [-0.39, 0.29) is 11.2 Å². The predicted molar refractivity (Wildman–Crippen MR) is 51.5 cm³/mol. The zero-order valence-corrected chi connectivity index (χ0v) is 8.14. The number of nitrogens with two attached hydrogens (primary N) is 1. The molecule has 1 fully saturated rings. The van der Waals surface area contributed by atoms with Crippen LogP contribution >= 0.6 is 11.3 Å². The van der Waals surface area contributed by atoms with Crippen molar-refractivity contribution >= 4 is 17.1 Å². The summed E-state index contributed by atoms with van der Waals surface area (Å²) >= 11 is 1.53. The van der Waals surface area contributed by atoms with E-state index in [1.165, 1.54) is 11.3 Å². The van der Waals surface area contributed by atoms with Gasteiger partial charge >= 0.3 is 0 Å². The number of nitrogens with zero attached hydrogens (tertiary/aromatic N) is 1. The molecule has 1 aliphatic rings. The molecule has 0 saturated heterocycles. The monoisotopic (exact) mass is 196 g/mol. The Bertz CT molecular complexity index is 303. The molecule has 2 rings (SSSR count). The van der Waals surface area contributed by atoms with Gasteiger partial charge in [0.25, 0.3) is 0 Å². The van der Waals surface area contributed by atoms with Crippen LogP contribution in [0.3, 0.4) is 0 Å². The molecule has 0 spiro atoms. The Labute approximate surface area is 81.0 Å². The molecule has 13 heavy (non-hydrogen) atoms. The molecule has 1 saturated carbocycles. The Morgan fingerprint density at radius 1 is 1.69 bits per heavy atom. The Balaban J connectivity index is 2.00. The van der Waals surface area contributed by atoms with Gasteiger partial charge in [-0.1, -0.05) is 0 Å². The lowest BCUT2D eigenvalue weighted by molar-refractivity contribution is -0.123. The topological polar surface area (TPSA) is 56.0 Å². The van der Waals surface area contributed by atoms with Crippen molar-refractivity contribution in [3.05, 3.63) is 16.6 Å². The predicted octanol–water partition coefficient (Wildman–Crippen LogP) is 0.994. The highest BCUT2D eigenvalue weighted by molar-refractivity contribution is 7.09. The summed E-state index contributed by atoms with van der Waals surface area (Å²) in [6.45, 7) is 0.497. The molecule has 0 amide bonds. The van der Waals surface area contributed by atoms with E-state index in [9.17, 15) is 4.79 Å². The van der Waals surface area contributed by atoms with Crippen LogP contribution in [0.1, 0.15) is 17.8 Å². The molecule has 0 aromatic carbocycles. The normalized spacial score (nSPS) is 18.5. The van der Waals surface area contributed by atoms with E-state index in [0.29, 0.717) is 13.0 Å². The molecular weight excluding hydrogens is 184 g/mol. The summed E-state index contributed by atoms with van der Waals surface area (Å²) in [5, 5.41) is 2.80. The molecule has 0 bridgehead atoms. The zero-order chi connectivity index (χ0) is 9.31. The third-order valence-corrected chi connectivity index (χ3v) is 3.41. The first kappa shape index (κ1) is 8.84. The second-order valence-corrected chi connectivity index (χ2v) is 4.49. The highest BCUT2D eigenvalue weighted by Crippen LogP contribution is 2.46. The fraction of sp³-hybridized carbons (Fsp3) is 0.556.